The number of nitrogens with one attached hydrogen (secondary N) is 2. The van der Waals surface area contributed by atoms with Crippen molar-refractivity contribution in [2.45, 2.75) is 46.1 Å². The molecule has 2 aromatic heterocycles. The van der Waals surface area contributed by atoms with Gasteiger partial charge in [-0.15, -0.1) is 10.2 Å². The molecule has 0 saturated heterocycles. The molecular formula is C35H35N7O. The average Bonchev–Trinajstić information content (AvgIpc) is 3.70. The molecule has 4 aromatic carbocycles. The predicted molar refractivity (Wildman–Crippen MR) is 170 cm³/mol. The van der Waals surface area contributed by atoms with Crippen LogP contribution in [0, 0.1) is 6.92 Å². The highest BCUT2D eigenvalue weighted by Crippen LogP contribution is 2.30. The fourth-order valence-electron chi connectivity index (χ4n) is 5.59. The maximum atomic E-state index is 13.3. The molecule has 0 spiro atoms. The summed E-state index contributed by atoms with van der Waals surface area (Å²) in [7, 11) is 0. The number of amides is 1. The fourth-order valence-corrected chi connectivity index (χ4v) is 5.59. The Morgan fingerprint density at radius 2 is 1.70 bits per heavy atom. The number of rotatable bonds is 10. The largest absolute Gasteiger partial charge is 0.351 e. The smallest absolute Gasteiger partial charge is 0.251 e. The number of hydrogen-bond acceptors (Lipinski definition) is 5. The van der Waals surface area contributed by atoms with E-state index in [-0.39, 0.29) is 11.8 Å². The molecule has 1 unspecified atom stereocenters. The van der Waals surface area contributed by atoms with Crippen LogP contribution in [0.15, 0.2) is 91.0 Å². The van der Waals surface area contributed by atoms with Crippen molar-refractivity contribution in [1.29, 1.82) is 0 Å². The summed E-state index contributed by atoms with van der Waals surface area (Å²) in [6, 6.07) is 30.8. The van der Waals surface area contributed by atoms with Crippen LogP contribution in [0.1, 0.15) is 59.1 Å². The van der Waals surface area contributed by atoms with Crippen molar-refractivity contribution in [2.75, 3.05) is 6.54 Å². The van der Waals surface area contributed by atoms with E-state index in [1.807, 2.05) is 55.5 Å². The Morgan fingerprint density at radius 3 is 2.42 bits per heavy atom. The molecule has 6 aromatic rings. The van der Waals surface area contributed by atoms with Crippen LogP contribution >= 0.6 is 0 Å². The molecule has 2 N–H and O–H groups in total. The minimum absolute atomic E-state index is 0.0674. The number of nitrogens with zero attached hydrogens (tertiary/aromatic N) is 5. The molecule has 0 fully saturated rings. The maximum Gasteiger partial charge on any atom is 0.251 e. The summed E-state index contributed by atoms with van der Waals surface area (Å²) in [6.07, 6.45) is 1.85. The number of aryl methyl sites for hydroxylation is 2. The van der Waals surface area contributed by atoms with Crippen molar-refractivity contribution >= 4 is 16.9 Å². The van der Waals surface area contributed by atoms with Crippen LogP contribution in [0.2, 0.25) is 0 Å². The van der Waals surface area contributed by atoms with Gasteiger partial charge in [-0.25, -0.2) is 4.98 Å². The van der Waals surface area contributed by atoms with E-state index in [2.05, 4.69) is 86.8 Å². The molecule has 0 radical (unpaired) electrons. The highest BCUT2D eigenvalue weighted by atomic mass is 16.1. The molecule has 8 nitrogen and oxygen atoms in total. The summed E-state index contributed by atoms with van der Waals surface area (Å²) < 4.78 is 2.26. The third-order valence-electron chi connectivity index (χ3n) is 7.92. The lowest BCUT2D eigenvalue weighted by molar-refractivity contribution is 0.0951. The number of carbonyl (C=O) groups excluding carboxylic acids is 1. The molecule has 1 atom stereocenters. The molecule has 43 heavy (non-hydrogen) atoms. The molecule has 0 aliphatic carbocycles. The molecule has 0 bridgehead atoms. The second-order valence-electron chi connectivity index (χ2n) is 11.0. The average molecular weight is 570 g/mol. The van der Waals surface area contributed by atoms with Gasteiger partial charge in [0.15, 0.2) is 0 Å². The second-order valence-corrected chi connectivity index (χ2v) is 11.0. The summed E-state index contributed by atoms with van der Waals surface area (Å²) in [6.45, 7) is 7.57. The van der Waals surface area contributed by atoms with Crippen LogP contribution in [0.25, 0.3) is 33.5 Å². The van der Waals surface area contributed by atoms with Gasteiger partial charge in [0.05, 0.1) is 11.0 Å². The molecule has 0 aliphatic heterocycles. The van der Waals surface area contributed by atoms with E-state index in [4.69, 9.17) is 4.98 Å². The minimum Gasteiger partial charge on any atom is -0.351 e. The summed E-state index contributed by atoms with van der Waals surface area (Å²) >= 11 is 0. The quantitative estimate of drug-likeness (QED) is 0.191. The van der Waals surface area contributed by atoms with E-state index in [9.17, 15) is 4.79 Å². The summed E-state index contributed by atoms with van der Waals surface area (Å²) in [4.78, 5) is 18.3. The number of fused-ring (bicyclic) bond motifs is 1. The van der Waals surface area contributed by atoms with Crippen molar-refractivity contribution in [3.8, 4) is 22.5 Å². The third kappa shape index (κ3) is 5.95. The zero-order valence-electron chi connectivity index (χ0n) is 24.7. The van der Waals surface area contributed by atoms with Gasteiger partial charge < -0.3 is 9.88 Å². The van der Waals surface area contributed by atoms with Gasteiger partial charge in [-0.3, -0.25) is 4.79 Å². The molecule has 8 heteroatoms. The normalized spacial score (nSPS) is 12.0. The second kappa shape index (κ2) is 12.4. The van der Waals surface area contributed by atoms with Crippen LogP contribution < -0.4 is 5.32 Å². The van der Waals surface area contributed by atoms with Crippen LogP contribution in [0.4, 0.5) is 0 Å². The van der Waals surface area contributed by atoms with Gasteiger partial charge in [-0.05, 0) is 64.4 Å². The van der Waals surface area contributed by atoms with Crippen molar-refractivity contribution < 1.29 is 4.79 Å². The summed E-state index contributed by atoms with van der Waals surface area (Å²) in [5, 5.41) is 17.7. The van der Waals surface area contributed by atoms with Gasteiger partial charge in [-0.1, -0.05) is 92.7 Å². The number of imidazole rings is 1. The zero-order valence-corrected chi connectivity index (χ0v) is 24.7. The van der Waals surface area contributed by atoms with Crippen molar-refractivity contribution in [1.82, 2.24) is 35.5 Å². The maximum absolute atomic E-state index is 13.3. The first kappa shape index (κ1) is 28.0. The highest BCUT2D eigenvalue weighted by molar-refractivity contribution is 5.98. The molecule has 6 rings (SSSR count). The Kier molecular flexibility index (Phi) is 8.09. The van der Waals surface area contributed by atoms with Crippen molar-refractivity contribution in [3.05, 3.63) is 119 Å². The zero-order chi connectivity index (χ0) is 29.8. The number of aromatic amines is 1. The first-order valence-electron chi connectivity index (χ1n) is 14.8. The third-order valence-corrected chi connectivity index (χ3v) is 7.92. The number of hydrogen-bond donors (Lipinski definition) is 2. The van der Waals surface area contributed by atoms with Crippen LogP contribution in [0.5, 0.6) is 0 Å². The van der Waals surface area contributed by atoms with E-state index in [1.54, 1.807) is 0 Å². The van der Waals surface area contributed by atoms with E-state index in [0.29, 0.717) is 24.5 Å². The molecule has 2 heterocycles. The first-order chi connectivity index (χ1) is 21.0. The molecule has 0 aliphatic rings. The van der Waals surface area contributed by atoms with E-state index >= 15 is 0 Å². The minimum atomic E-state index is -0.0674. The van der Waals surface area contributed by atoms with Gasteiger partial charge in [0, 0.05) is 30.6 Å². The number of tetrazole rings is 1. The Labute approximate surface area is 251 Å². The van der Waals surface area contributed by atoms with Gasteiger partial charge in [0.25, 0.3) is 5.91 Å². The van der Waals surface area contributed by atoms with E-state index in [0.717, 1.165) is 57.5 Å². The number of benzene rings is 4. The van der Waals surface area contributed by atoms with Crippen LogP contribution in [0.3, 0.4) is 0 Å². The van der Waals surface area contributed by atoms with Gasteiger partial charge >= 0.3 is 0 Å². The highest BCUT2D eigenvalue weighted by Gasteiger charge is 2.18. The number of H-pyrrole nitrogens is 1. The summed E-state index contributed by atoms with van der Waals surface area (Å²) in [5.41, 5.74) is 9.00. The Morgan fingerprint density at radius 1 is 0.953 bits per heavy atom. The molecule has 0 saturated carbocycles. The lowest BCUT2D eigenvalue weighted by Gasteiger charge is -2.14. The monoisotopic (exact) mass is 569 g/mol. The molecule has 216 valence electrons. The Bertz CT molecular complexity index is 1840. The Balaban J connectivity index is 1.27. The van der Waals surface area contributed by atoms with E-state index in [1.165, 1.54) is 5.56 Å². The van der Waals surface area contributed by atoms with Crippen molar-refractivity contribution in [3.63, 3.8) is 0 Å². The lowest BCUT2D eigenvalue weighted by atomic mass is 9.98. The number of aromatic nitrogens is 6. The van der Waals surface area contributed by atoms with Gasteiger partial charge in [-0.2, -0.15) is 5.21 Å². The predicted octanol–water partition coefficient (Wildman–Crippen LogP) is 6.73. The number of carbonyl (C=O) groups is 1. The van der Waals surface area contributed by atoms with Gasteiger partial charge in [0.1, 0.15) is 5.82 Å². The molecule has 1 amide bonds. The van der Waals surface area contributed by atoms with E-state index < -0.39 is 0 Å². The summed E-state index contributed by atoms with van der Waals surface area (Å²) in [5.74, 6) is 1.75. The van der Waals surface area contributed by atoms with Crippen LogP contribution in [-0.2, 0) is 13.0 Å². The van der Waals surface area contributed by atoms with Gasteiger partial charge in [0.2, 0.25) is 5.82 Å². The topological polar surface area (TPSA) is 101 Å². The lowest BCUT2D eigenvalue weighted by Crippen LogP contribution is -2.27. The van der Waals surface area contributed by atoms with Crippen LogP contribution in [-0.4, -0.2) is 42.6 Å². The Hall–Kier alpha value is -5.11. The SMILES string of the molecule is CCCc1nc2c(C)cc(C(=O)NCC(C)c3ccccc3)cc2n1Cc1ccc(-c2ccccc2-c2nn[nH]n2)cc1. The fraction of sp³-hybridized carbons (Fsp3) is 0.229. The molecular weight excluding hydrogens is 534 g/mol. The standard InChI is InChI=1S/C35H35N7O/c1-4-10-32-37-33-23(2)19-28(35(43)36-21-24(3)26-11-6-5-7-12-26)20-31(33)42(32)22-25-15-17-27(18-16-25)29-13-8-9-14-30(29)34-38-40-41-39-34/h5-9,11-20,24H,4,10,21-22H2,1-3H3,(H,36,43)(H,38,39,40,41). The van der Waals surface area contributed by atoms with Crippen molar-refractivity contribution in [2.24, 2.45) is 0 Å². The first-order valence-corrected chi connectivity index (χ1v) is 14.8.